The highest BCUT2D eigenvalue weighted by atomic mass is 16.6. The molecule has 0 spiro atoms. The van der Waals surface area contributed by atoms with Crippen molar-refractivity contribution in [2.45, 2.75) is 0 Å². The molecule has 0 fully saturated rings. The van der Waals surface area contributed by atoms with Gasteiger partial charge in [0.25, 0.3) is 5.69 Å². The number of aliphatic imine (C=N–C) groups is 1. The topological polar surface area (TPSA) is 64.7 Å². The predicted octanol–water partition coefficient (Wildman–Crippen LogP) is 4.02. The first-order chi connectivity index (χ1) is 10.2. The number of nitro groups is 1. The van der Waals surface area contributed by atoms with Gasteiger partial charge in [0, 0.05) is 18.3 Å². The van der Waals surface area contributed by atoms with E-state index in [0.717, 1.165) is 11.3 Å². The maximum absolute atomic E-state index is 10.5. The van der Waals surface area contributed by atoms with Crippen LogP contribution in [0.25, 0.3) is 6.08 Å². The van der Waals surface area contributed by atoms with Crippen LogP contribution in [0.3, 0.4) is 0 Å². The van der Waals surface area contributed by atoms with E-state index in [0.29, 0.717) is 5.69 Å². The lowest BCUT2D eigenvalue weighted by molar-refractivity contribution is -0.384. The Bertz CT molecular complexity index is 659. The zero-order valence-corrected chi connectivity index (χ0v) is 11.5. The largest absolute Gasteiger partial charge is 0.497 e. The molecule has 0 radical (unpaired) electrons. The summed E-state index contributed by atoms with van der Waals surface area (Å²) >= 11 is 0. The van der Waals surface area contributed by atoms with E-state index in [4.69, 9.17) is 4.74 Å². The Morgan fingerprint density at radius 1 is 1.10 bits per heavy atom. The molecule has 0 aliphatic heterocycles. The van der Waals surface area contributed by atoms with Gasteiger partial charge >= 0.3 is 0 Å². The summed E-state index contributed by atoms with van der Waals surface area (Å²) in [6, 6.07) is 13.7. The Balaban J connectivity index is 1.97. The first-order valence-electron chi connectivity index (χ1n) is 6.28. The summed E-state index contributed by atoms with van der Waals surface area (Å²) in [6.07, 6.45) is 5.36. The van der Waals surface area contributed by atoms with Gasteiger partial charge in [-0.1, -0.05) is 18.2 Å². The molecule has 2 aromatic carbocycles. The number of hydrogen-bond acceptors (Lipinski definition) is 4. The molecule has 0 amide bonds. The van der Waals surface area contributed by atoms with Gasteiger partial charge in [0.15, 0.2) is 0 Å². The summed E-state index contributed by atoms with van der Waals surface area (Å²) in [7, 11) is 1.63. The van der Waals surface area contributed by atoms with E-state index >= 15 is 0 Å². The molecule has 2 rings (SSSR count). The number of benzene rings is 2. The quantitative estimate of drug-likeness (QED) is 0.472. The molecule has 0 saturated carbocycles. The molecule has 5 nitrogen and oxygen atoms in total. The van der Waals surface area contributed by atoms with Crippen molar-refractivity contribution in [3.8, 4) is 5.75 Å². The maximum atomic E-state index is 10.5. The maximum Gasteiger partial charge on any atom is 0.269 e. The first kappa shape index (κ1) is 14.5. The monoisotopic (exact) mass is 282 g/mol. The van der Waals surface area contributed by atoms with Crippen molar-refractivity contribution in [2.24, 2.45) is 4.99 Å². The first-order valence-corrected chi connectivity index (χ1v) is 6.28. The number of nitrogens with zero attached hydrogens (tertiary/aromatic N) is 2. The molecule has 0 bridgehead atoms. The van der Waals surface area contributed by atoms with Gasteiger partial charge in [-0.05, 0) is 35.9 Å². The zero-order chi connectivity index (χ0) is 15.1. The highest BCUT2D eigenvalue weighted by molar-refractivity contribution is 5.80. The van der Waals surface area contributed by atoms with Crippen molar-refractivity contribution >= 4 is 23.7 Å². The molecule has 0 heterocycles. The smallest absolute Gasteiger partial charge is 0.269 e. The van der Waals surface area contributed by atoms with Crippen molar-refractivity contribution in [1.82, 2.24) is 0 Å². The molecule has 2 aromatic rings. The Morgan fingerprint density at radius 3 is 2.33 bits per heavy atom. The minimum Gasteiger partial charge on any atom is -0.497 e. The third-order valence-corrected chi connectivity index (χ3v) is 2.77. The summed E-state index contributed by atoms with van der Waals surface area (Å²) < 4.78 is 5.08. The summed E-state index contributed by atoms with van der Waals surface area (Å²) in [5, 5.41) is 10.5. The van der Waals surface area contributed by atoms with Crippen LogP contribution in [0.4, 0.5) is 11.4 Å². The molecule has 0 unspecified atom stereocenters. The minimum atomic E-state index is -0.433. The van der Waals surface area contributed by atoms with Crippen LogP contribution < -0.4 is 4.74 Å². The second kappa shape index (κ2) is 7.00. The number of ether oxygens (including phenoxy) is 1. The molecule has 106 valence electrons. The summed E-state index contributed by atoms with van der Waals surface area (Å²) in [4.78, 5) is 14.3. The van der Waals surface area contributed by atoms with Crippen molar-refractivity contribution < 1.29 is 9.66 Å². The second-order valence-corrected chi connectivity index (χ2v) is 4.18. The van der Waals surface area contributed by atoms with Crippen molar-refractivity contribution in [3.05, 3.63) is 70.3 Å². The normalized spacial score (nSPS) is 11.1. The zero-order valence-electron chi connectivity index (χ0n) is 11.5. The van der Waals surface area contributed by atoms with Crippen LogP contribution in [-0.2, 0) is 0 Å². The number of rotatable bonds is 5. The van der Waals surface area contributed by atoms with E-state index in [9.17, 15) is 10.1 Å². The van der Waals surface area contributed by atoms with Crippen molar-refractivity contribution in [3.63, 3.8) is 0 Å². The standard InChI is InChI=1S/C16H14N2O3/c1-21-16-10-4-13(5-11-16)3-2-12-17-14-6-8-15(9-7-14)18(19)20/h2-12H,1H3/b3-2+,17-12?. The average Bonchev–Trinajstić information content (AvgIpc) is 2.52. The lowest BCUT2D eigenvalue weighted by Gasteiger charge is -1.98. The van der Waals surface area contributed by atoms with Crippen LogP contribution in [0.1, 0.15) is 5.56 Å². The number of nitro benzene ring substituents is 1. The van der Waals surface area contributed by atoms with E-state index in [2.05, 4.69) is 4.99 Å². The van der Waals surface area contributed by atoms with Crippen LogP contribution in [-0.4, -0.2) is 18.2 Å². The fourth-order valence-electron chi connectivity index (χ4n) is 1.66. The van der Waals surface area contributed by atoms with Crippen LogP contribution >= 0.6 is 0 Å². The van der Waals surface area contributed by atoms with Crippen molar-refractivity contribution in [1.29, 1.82) is 0 Å². The molecular weight excluding hydrogens is 268 g/mol. The van der Waals surface area contributed by atoms with Gasteiger partial charge in [-0.25, -0.2) is 0 Å². The number of allylic oxidation sites excluding steroid dienone is 1. The second-order valence-electron chi connectivity index (χ2n) is 4.18. The van der Waals surface area contributed by atoms with Crippen LogP contribution in [0, 0.1) is 10.1 Å². The Hall–Kier alpha value is -2.95. The van der Waals surface area contributed by atoms with E-state index in [-0.39, 0.29) is 5.69 Å². The van der Waals surface area contributed by atoms with E-state index in [1.165, 1.54) is 12.1 Å². The average molecular weight is 282 g/mol. The van der Waals surface area contributed by atoms with Crippen LogP contribution in [0.5, 0.6) is 5.75 Å². The molecule has 0 N–H and O–H groups in total. The number of methoxy groups -OCH3 is 1. The molecular formula is C16H14N2O3. The SMILES string of the molecule is COc1ccc(/C=C/C=Nc2ccc([N+](=O)[O-])cc2)cc1. The van der Waals surface area contributed by atoms with Crippen LogP contribution in [0.15, 0.2) is 59.6 Å². The van der Waals surface area contributed by atoms with Crippen LogP contribution in [0.2, 0.25) is 0 Å². The van der Waals surface area contributed by atoms with Gasteiger partial charge in [0.2, 0.25) is 0 Å². The minimum absolute atomic E-state index is 0.0581. The molecule has 5 heteroatoms. The van der Waals surface area contributed by atoms with Gasteiger partial charge < -0.3 is 4.74 Å². The lowest BCUT2D eigenvalue weighted by Crippen LogP contribution is -1.85. The number of non-ortho nitro benzene ring substituents is 1. The van der Waals surface area contributed by atoms with Gasteiger partial charge in [-0.15, -0.1) is 0 Å². The van der Waals surface area contributed by atoms with E-state index in [1.54, 1.807) is 25.5 Å². The molecule has 0 saturated heterocycles. The third-order valence-electron chi connectivity index (χ3n) is 2.77. The highest BCUT2D eigenvalue weighted by Gasteiger charge is 2.02. The molecule has 0 atom stereocenters. The summed E-state index contributed by atoms with van der Waals surface area (Å²) in [5.74, 6) is 0.812. The summed E-state index contributed by atoms with van der Waals surface area (Å²) in [5.41, 5.74) is 1.76. The predicted molar refractivity (Wildman–Crippen MR) is 83.3 cm³/mol. The molecule has 0 aliphatic rings. The van der Waals surface area contributed by atoms with Gasteiger partial charge in [-0.2, -0.15) is 0 Å². The van der Waals surface area contributed by atoms with Crippen molar-refractivity contribution in [2.75, 3.05) is 7.11 Å². The molecule has 0 aromatic heterocycles. The van der Waals surface area contributed by atoms with E-state index < -0.39 is 4.92 Å². The summed E-state index contributed by atoms with van der Waals surface area (Å²) in [6.45, 7) is 0. The Morgan fingerprint density at radius 2 is 1.76 bits per heavy atom. The van der Waals surface area contributed by atoms with Gasteiger partial charge in [0.05, 0.1) is 17.7 Å². The molecule has 0 aliphatic carbocycles. The highest BCUT2D eigenvalue weighted by Crippen LogP contribution is 2.17. The Kier molecular flexibility index (Phi) is 4.82. The lowest BCUT2D eigenvalue weighted by atomic mass is 10.2. The van der Waals surface area contributed by atoms with E-state index in [1.807, 2.05) is 36.4 Å². The Labute approximate surface area is 122 Å². The third kappa shape index (κ3) is 4.28. The van der Waals surface area contributed by atoms with Gasteiger partial charge in [-0.3, -0.25) is 15.1 Å². The fourth-order valence-corrected chi connectivity index (χ4v) is 1.66. The number of hydrogen-bond donors (Lipinski definition) is 0. The fraction of sp³-hybridized carbons (Fsp3) is 0.0625. The van der Waals surface area contributed by atoms with Gasteiger partial charge in [0.1, 0.15) is 5.75 Å². The molecule has 21 heavy (non-hydrogen) atoms.